The molecule has 0 spiro atoms. The maximum absolute atomic E-state index is 12.7. The minimum absolute atomic E-state index is 0.144. The highest BCUT2D eigenvalue weighted by Crippen LogP contribution is 2.17. The molecule has 322 valence electrons. The molecular formula is C47H93NO6. The van der Waals surface area contributed by atoms with Crippen LogP contribution in [0.15, 0.2) is 0 Å². The van der Waals surface area contributed by atoms with E-state index in [0.717, 1.165) is 32.1 Å². The molecule has 0 bridgehead atoms. The summed E-state index contributed by atoms with van der Waals surface area (Å²) >= 11 is 0. The Kier molecular flexibility index (Phi) is 44.9. The fraction of sp³-hybridized carbons (Fsp3) is 0.957. The summed E-state index contributed by atoms with van der Waals surface area (Å²) in [5, 5.41) is 2.80. The van der Waals surface area contributed by atoms with Crippen molar-refractivity contribution in [3.63, 3.8) is 0 Å². The van der Waals surface area contributed by atoms with Crippen molar-refractivity contribution in [2.24, 2.45) is 0 Å². The van der Waals surface area contributed by atoms with E-state index in [9.17, 15) is 9.59 Å². The first-order valence-corrected chi connectivity index (χ1v) is 23.8. The van der Waals surface area contributed by atoms with Gasteiger partial charge in [0, 0.05) is 13.5 Å². The summed E-state index contributed by atoms with van der Waals surface area (Å²) in [6.45, 7) is 6.34. The van der Waals surface area contributed by atoms with Crippen LogP contribution in [-0.2, 0) is 23.7 Å². The van der Waals surface area contributed by atoms with Crippen LogP contribution in [0.5, 0.6) is 0 Å². The number of nitrogens with one attached hydrogen (secondary N) is 1. The number of carbonyl (C=O) groups is 2. The summed E-state index contributed by atoms with van der Waals surface area (Å²) in [5.41, 5.74) is 0. The molecule has 0 radical (unpaired) electrons. The first-order valence-electron chi connectivity index (χ1n) is 23.8. The lowest BCUT2D eigenvalue weighted by atomic mass is 10.0. The van der Waals surface area contributed by atoms with Gasteiger partial charge in [-0.1, -0.05) is 219 Å². The third-order valence-electron chi connectivity index (χ3n) is 10.8. The molecule has 1 unspecified atom stereocenters. The zero-order valence-electron chi connectivity index (χ0n) is 36.5. The molecule has 0 aromatic carbocycles. The second-order valence-corrected chi connectivity index (χ2v) is 16.1. The zero-order valence-corrected chi connectivity index (χ0v) is 36.5. The SMILES string of the molecule is CCCCCCCCCCCCCCCCCCCC(=O)OC(CCCCCCCCCCCCCCCCCCC)CNC(=O)OCCOCCOC. The molecule has 7 nitrogen and oxygen atoms in total. The standard InChI is InChI=1S/C47H93NO6/c1-4-6-8-10-12-14-16-18-20-22-24-26-28-30-32-34-36-38-45(44-48-47(50)53-43-42-52-41-40-51-3)54-46(49)39-37-35-33-31-29-27-25-23-21-19-17-15-13-11-9-7-5-2/h45H,4-44H2,1-3H3,(H,48,50). The Labute approximate surface area is 336 Å². The molecule has 1 N–H and O–H groups in total. The van der Waals surface area contributed by atoms with E-state index in [0.29, 0.717) is 26.2 Å². The van der Waals surface area contributed by atoms with Crippen molar-refractivity contribution in [2.75, 3.05) is 40.1 Å². The van der Waals surface area contributed by atoms with Crippen molar-refractivity contribution in [1.29, 1.82) is 0 Å². The van der Waals surface area contributed by atoms with Crippen LogP contribution in [0.1, 0.15) is 245 Å². The number of hydrogen-bond acceptors (Lipinski definition) is 6. The predicted molar refractivity (Wildman–Crippen MR) is 229 cm³/mol. The van der Waals surface area contributed by atoms with Gasteiger partial charge < -0.3 is 24.3 Å². The van der Waals surface area contributed by atoms with Gasteiger partial charge in [-0.3, -0.25) is 4.79 Å². The number of alkyl carbamates (subject to hydrolysis) is 1. The molecule has 1 amide bonds. The summed E-state index contributed by atoms with van der Waals surface area (Å²) in [6, 6.07) is 0. The molecule has 0 saturated carbocycles. The normalized spacial score (nSPS) is 11.9. The van der Waals surface area contributed by atoms with Crippen molar-refractivity contribution in [2.45, 2.75) is 251 Å². The van der Waals surface area contributed by atoms with Crippen LogP contribution in [0.4, 0.5) is 4.79 Å². The first-order chi connectivity index (χ1) is 26.6. The van der Waals surface area contributed by atoms with Crippen LogP contribution < -0.4 is 5.32 Å². The average Bonchev–Trinajstić information content (AvgIpc) is 3.17. The molecule has 0 saturated heterocycles. The Balaban J connectivity index is 4.05. The number of methoxy groups -OCH3 is 1. The Hall–Kier alpha value is -1.34. The van der Waals surface area contributed by atoms with Crippen LogP contribution in [-0.4, -0.2) is 58.2 Å². The van der Waals surface area contributed by atoms with Gasteiger partial charge in [-0.2, -0.15) is 0 Å². The summed E-state index contributed by atoms with van der Waals surface area (Å²) in [4.78, 5) is 25.0. The number of rotatable bonds is 45. The molecule has 0 aromatic rings. The van der Waals surface area contributed by atoms with E-state index in [1.165, 1.54) is 193 Å². The van der Waals surface area contributed by atoms with Crippen molar-refractivity contribution in [3.05, 3.63) is 0 Å². The second-order valence-electron chi connectivity index (χ2n) is 16.1. The monoisotopic (exact) mass is 768 g/mol. The smallest absolute Gasteiger partial charge is 0.407 e. The Morgan fingerprint density at radius 3 is 1.19 bits per heavy atom. The van der Waals surface area contributed by atoms with Gasteiger partial charge in [0.05, 0.1) is 26.4 Å². The van der Waals surface area contributed by atoms with E-state index in [1.54, 1.807) is 7.11 Å². The molecular weight excluding hydrogens is 675 g/mol. The van der Waals surface area contributed by atoms with E-state index < -0.39 is 6.09 Å². The van der Waals surface area contributed by atoms with Gasteiger partial charge in [-0.15, -0.1) is 0 Å². The Morgan fingerprint density at radius 1 is 0.444 bits per heavy atom. The highest BCUT2D eigenvalue weighted by molar-refractivity contribution is 5.70. The molecule has 0 aliphatic heterocycles. The molecule has 54 heavy (non-hydrogen) atoms. The highest BCUT2D eigenvalue weighted by atomic mass is 16.6. The molecule has 7 heteroatoms. The maximum atomic E-state index is 12.7. The lowest BCUT2D eigenvalue weighted by Crippen LogP contribution is -2.35. The van der Waals surface area contributed by atoms with Crippen molar-refractivity contribution in [3.8, 4) is 0 Å². The number of hydrogen-bond donors (Lipinski definition) is 1. The van der Waals surface area contributed by atoms with Crippen molar-refractivity contribution in [1.82, 2.24) is 5.32 Å². The highest BCUT2D eigenvalue weighted by Gasteiger charge is 2.16. The number of amides is 1. The largest absolute Gasteiger partial charge is 0.460 e. The van der Waals surface area contributed by atoms with E-state index in [1.807, 2.05) is 0 Å². The second kappa shape index (κ2) is 46.0. The Bertz CT molecular complexity index is 750. The van der Waals surface area contributed by atoms with E-state index in [4.69, 9.17) is 18.9 Å². The van der Waals surface area contributed by atoms with Crippen LogP contribution >= 0.6 is 0 Å². The van der Waals surface area contributed by atoms with Gasteiger partial charge in [0.25, 0.3) is 0 Å². The van der Waals surface area contributed by atoms with E-state index in [-0.39, 0.29) is 25.2 Å². The molecule has 0 fully saturated rings. The van der Waals surface area contributed by atoms with Gasteiger partial charge in [-0.25, -0.2) is 4.79 Å². The number of ether oxygens (including phenoxy) is 4. The number of esters is 1. The minimum atomic E-state index is -0.498. The zero-order chi connectivity index (χ0) is 39.3. The average molecular weight is 768 g/mol. The maximum Gasteiger partial charge on any atom is 0.407 e. The van der Waals surface area contributed by atoms with Crippen molar-refractivity contribution < 1.29 is 28.5 Å². The molecule has 1 atom stereocenters. The Morgan fingerprint density at radius 2 is 0.796 bits per heavy atom. The third kappa shape index (κ3) is 43.4. The fourth-order valence-corrected chi connectivity index (χ4v) is 7.22. The van der Waals surface area contributed by atoms with Gasteiger partial charge in [0.15, 0.2) is 0 Å². The van der Waals surface area contributed by atoms with Crippen molar-refractivity contribution >= 4 is 12.1 Å². The molecule has 0 aliphatic rings. The number of carbonyl (C=O) groups excluding carboxylic acids is 2. The summed E-state index contributed by atoms with van der Waals surface area (Å²) < 4.78 is 21.4. The molecule has 0 heterocycles. The molecule has 0 aliphatic carbocycles. The topological polar surface area (TPSA) is 83.1 Å². The van der Waals surface area contributed by atoms with Gasteiger partial charge >= 0.3 is 12.1 Å². The minimum Gasteiger partial charge on any atom is -0.460 e. The van der Waals surface area contributed by atoms with Gasteiger partial charge in [0.2, 0.25) is 0 Å². The van der Waals surface area contributed by atoms with Crippen LogP contribution in [0, 0.1) is 0 Å². The summed E-state index contributed by atoms with van der Waals surface area (Å²) in [7, 11) is 1.62. The van der Waals surface area contributed by atoms with Crippen LogP contribution in [0.25, 0.3) is 0 Å². The lowest BCUT2D eigenvalue weighted by molar-refractivity contribution is -0.149. The predicted octanol–water partition coefficient (Wildman–Crippen LogP) is 14.4. The van der Waals surface area contributed by atoms with Gasteiger partial charge in [0.1, 0.15) is 12.7 Å². The first kappa shape index (κ1) is 52.7. The van der Waals surface area contributed by atoms with Crippen LogP contribution in [0.3, 0.4) is 0 Å². The number of unbranched alkanes of at least 4 members (excludes halogenated alkanes) is 32. The third-order valence-corrected chi connectivity index (χ3v) is 10.8. The quantitative estimate of drug-likeness (QED) is 0.0491. The molecule has 0 rings (SSSR count). The summed E-state index contributed by atoms with van der Waals surface area (Å²) in [5.74, 6) is -0.144. The lowest BCUT2D eigenvalue weighted by Gasteiger charge is -2.19. The van der Waals surface area contributed by atoms with E-state index >= 15 is 0 Å². The molecule has 0 aromatic heterocycles. The van der Waals surface area contributed by atoms with Crippen LogP contribution in [0.2, 0.25) is 0 Å². The van der Waals surface area contributed by atoms with E-state index in [2.05, 4.69) is 19.2 Å². The summed E-state index contributed by atoms with van der Waals surface area (Å²) in [6.07, 6.45) is 45.6. The fourth-order valence-electron chi connectivity index (χ4n) is 7.22. The van der Waals surface area contributed by atoms with Gasteiger partial charge in [-0.05, 0) is 19.3 Å².